The van der Waals surface area contributed by atoms with Crippen molar-refractivity contribution in [2.24, 2.45) is 0 Å². The molecule has 0 aromatic carbocycles. The molecule has 0 amide bonds. The van der Waals surface area contributed by atoms with Crippen LogP contribution in [-0.4, -0.2) is 0 Å². The zero-order chi connectivity index (χ0) is 6.15. The van der Waals surface area contributed by atoms with Gasteiger partial charge in [0, 0.05) is 0 Å². The van der Waals surface area contributed by atoms with Gasteiger partial charge >= 0.3 is 26.2 Å². The van der Waals surface area contributed by atoms with Gasteiger partial charge in [0.05, 0.1) is 0 Å². The van der Waals surface area contributed by atoms with Gasteiger partial charge in [-0.25, -0.2) is 5.57 Å². The molecular weight excluding hydrogens is 225 g/mol. The minimum atomic E-state index is 0. The second kappa shape index (κ2) is 6.90. The van der Waals surface area contributed by atoms with Crippen molar-refractivity contribution in [1.29, 1.82) is 0 Å². The van der Waals surface area contributed by atoms with Crippen LogP contribution in [0.1, 0.15) is 27.2 Å². The van der Waals surface area contributed by atoms with Gasteiger partial charge in [-0.3, -0.25) is 6.08 Å². The number of halogens is 2. The third-order valence-electron chi connectivity index (χ3n) is 1.82. The summed E-state index contributed by atoms with van der Waals surface area (Å²) in [6.45, 7) is 6.44. The summed E-state index contributed by atoms with van der Waals surface area (Å²) in [5.41, 5.74) is 4.25. The van der Waals surface area contributed by atoms with Crippen LogP contribution >= 0.6 is 0 Å². The fourth-order valence-electron chi connectivity index (χ4n) is 0.850. The van der Waals surface area contributed by atoms with Gasteiger partial charge in [-0.15, -0.1) is 13.3 Å². The number of hydrogen-bond acceptors (Lipinski definition) is 0. The van der Waals surface area contributed by atoms with E-state index in [1.54, 1.807) is 0 Å². The zero-order valence-corrected chi connectivity index (χ0v) is 9.42. The maximum absolute atomic E-state index is 3.26. The number of allylic oxidation sites excluding steroid dienone is 4. The molecule has 0 bridgehead atoms. The van der Waals surface area contributed by atoms with E-state index in [9.17, 15) is 0 Å². The van der Waals surface area contributed by atoms with Crippen molar-refractivity contribution < 1.29 is 35.6 Å². The van der Waals surface area contributed by atoms with Crippen molar-refractivity contribution in [2.45, 2.75) is 27.2 Å². The Kier molecular flexibility index (Phi) is 10.9. The van der Waals surface area contributed by atoms with Gasteiger partial charge in [-0.05, 0) is 0 Å². The number of hydrogen-bond donors (Lipinski definition) is 0. The van der Waals surface area contributed by atoms with Crippen LogP contribution in [0.4, 0.5) is 0 Å². The molecule has 0 saturated carbocycles. The predicted molar refractivity (Wildman–Crippen MR) is 35.4 cm³/mol. The molecule has 1 aliphatic carbocycles. The SMILES string of the molecule is CC1=[C-]CC(C)=C1C.[F-].[F-].[Zr+3]. The van der Waals surface area contributed by atoms with Gasteiger partial charge in [0.25, 0.3) is 0 Å². The first kappa shape index (κ1) is 17.3. The summed E-state index contributed by atoms with van der Waals surface area (Å²) < 4.78 is 0. The maximum atomic E-state index is 3.26. The van der Waals surface area contributed by atoms with Crippen LogP contribution < -0.4 is 9.41 Å². The van der Waals surface area contributed by atoms with E-state index in [-0.39, 0.29) is 35.6 Å². The molecule has 0 spiro atoms. The second-order valence-electron chi connectivity index (χ2n) is 2.38. The van der Waals surface area contributed by atoms with Gasteiger partial charge in [0.15, 0.2) is 0 Å². The summed E-state index contributed by atoms with van der Waals surface area (Å²) in [6, 6.07) is 0. The Balaban J connectivity index is -0.000000213. The Morgan fingerprint density at radius 3 is 1.64 bits per heavy atom. The Bertz CT molecular complexity index is 165. The van der Waals surface area contributed by atoms with E-state index in [2.05, 4.69) is 26.8 Å². The Labute approximate surface area is 85.6 Å². The minimum Gasteiger partial charge on any atom is -1.00 e. The van der Waals surface area contributed by atoms with Gasteiger partial charge in [0.1, 0.15) is 0 Å². The van der Waals surface area contributed by atoms with Gasteiger partial charge in [-0.1, -0.05) is 13.8 Å². The van der Waals surface area contributed by atoms with E-state index in [0.29, 0.717) is 0 Å². The quantitative estimate of drug-likeness (QED) is 0.383. The molecule has 0 atom stereocenters. The Morgan fingerprint density at radius 1 is 1.09 bits per heavy atom. The fraction of sp³-hybridized carbons (Fsp3) is 0.500. The Morgan fingerprint density at radius 2 is 1.55 bits per heavy atom. The summed E-state index contributed by atoms with van der Waals surface area (Å²) in [4.78, 5) is 0. The first-order valence-corrected chi connectivity index (χ1v) is 2.96. The van der Waals surface area contributed by atoms with Crippen molar-refractivity contribution >= 4 is 0 Å². The monoisotopic (exact) mass is 235 g/mol. The molecule has 0 aliphatic heterocycles. The van der Waals surface area contributed by atoms with Crippen LogP contribution in [0.5, 0.6) is 0 Å². The summed E-state index contributed by atoms with van der Waals surface area (Å²) >= 11 is 0. The second-order valence-corrected chi connectivity index (χ2v) is 2.38. The van der Waals surface area contributed by atoms with Crippen molar-refractivity contribution in [3.63, 3.8) is 0 Å². The molecule has 11 heavy (non-hydrogen) atoms. The van der Waals surface area contributed by atoms with Crippen LogP contribution in [0.15, 0.2) is 16.7 Å². The minimum absolute atomic E-state index is 0. The normalized spacial score (nSPS) is 14.3. The molecule has 0 aromatic rings. The molecule has 3 heteroatoms. The molecule has 0 N–H and O–H groups in total. The topological polar surface area (TPSA) is 0 Å². The van der Waals surface area contributed by atoms with Crippen molar-refractivity contribution in [3.8, 4) is 0 Å². The average Bonchev–Trinajstić information content (AvgIpc) is 1.98. The third-order valence-corrected chi connectivity index (χ3v) is 1.82. The standard InChI is InChI=1S/C8H11.2FH.Zr/c1-6-4-5-7(2)8(6)3;;;/h4H2,1-3H3;2*1H;/q-1;;;+3/p-2. The first-order chi connectivity index (χ1) is 3.72. The van der Waals surface area contributed by atoms with Crippen LogP contribution in [0.2, 0.25) is 0 Å². The van der Waals surface area contributed by atoms with Crippen LogP contribution in [0.25, 0.3) is 0 Å². The molecule has 1 rings (SSSR count). The first-order valence-electron chi connectivity index (χ1n) is 2.96. The Hall–Kier alpha value is 0.223. The smallest absolute Gasteiger partial charge is 1.00 e. The molecule has 0 aromatic heterocycles. The molecule has 1 aliphatic rings. The summed E-state index contributed by atoms with van der Waals surface area (Å²) in [6.07, 6.45) is 4.31. The summed E-state index contributed by atoms with van der Waals surface area (Å²) in [7, 11) is 0. The van der Waals surface area contributed by atoms with E-state index in [4.69, 9.17) is 0 Å². The van der Waals surface area contributed by atoms with E-state index in [1.807, 2.05) is 0 Å². The van der Waals surface area contributed by atoms with Gasteiger partial charge in [0.2, 0.25) is 0 Å². The summed E-state index contributed by atoms with van der Waals surface area (Å²) in [5, 5.41) is 0. The molecule has 0 unspecified atom stereocenters. The van der Waals surface area contributed by atoms with Crippen molar-refractivity contribution in [1.82, 2.24) is 0 Å². The van der Waals surface area contributed by atoms with E-state index in [1.165, 1.54) is 16.7 Å². The van der Waals surface area contributed by atoms with Crippen LogP contribution in [0.3, 0.4) is 0 Å². The maximum Gasteiger partial charge on any atom is 3.00 e. The molecule has 0 saturated heterocycles. The molecule has 0 heterocycles. The van der Waals surface area contributed by atoms with Gasteiger partial charge < -0.3 is 9.41 Å². The predicted octanol–water partition coefficient (Wildman–Crippen LogP) is -3.52. The molecular formula is C8H11F2Zr. The molecule has 0 fully saturated rings. The van der Waals surface area contributed by atoms with E-state index < -0.39 is 0 Å². The third kappa shape index (κ3) is 3.95. The van der Waals surface area contributed by atoms with E-state index in [0.717, 1.165) is 6.42 Å². The van der Waals surface area contributed by atoms with Crippen molar-refractivity contribution in [2.75, 3.05) is 0 Å². The average molecular weight is 236 g/mol. The van der Waals surface area contributed by atoms with Crippen LogP contribution in [-0.2, 0) is 26.2 Å². The fourth-order valence-corrected chi connectivity index (χ4v) is 0.850. The van der Waals surface area contributed by atoms with Gasteiger partial charge in [-0.2, -0.15) is 11.1 Å². The van der Waals surface area contributed by atoms with E-state index >= 15 is 0 Å². The van der Waals surface area contributed by atoms with Crippen LogP contribution in [0, 0.1) is 6.08 Å². The molecule has 1 radical (unpaired) electrons. The molecule has 0 nitrogen and oxygen atoms in total. The largest absolute Gasteiger partial charge is 3.00 e. The zero-order valence-electron chi connectivity index (χ0n) is 6.96. The molecule has 61 valence electrons. The van der Waals surface area contributed by atoms with Crippen molar-refractivity contribution in [3.05, 3.63) is 22.8 Å². The number of rotatable bonds is 0. The summed E-state index contributed by atoms with van der Waals surface area (Å²) in [5.74, 6) is 0.